The van der Waals surface area contributed by atoms with Crippen LogP contribution in [0.15, 0.2) is 0 Å². The number of ether oxygens (including phenoxy) is 1. The average Bonchev–Trinajstić information content (AvgIpc) is 2.31. The van der Waals surface area contributed by atoms with E-state index in [-0.39, 0.29) is 0 Å². The van der Waals surface area contributed by atoms with Crippen LogP contribution >= 0.6 is 0 Å². The van der Waals surface area contributed by atoms with E-state index in [9.17, 15) is 35.4 Å². The lowest BCUT2D eigenvalue weighted by molar-refractivity contribution is -0.380. The van der Waals surface area contributed by atoms with Crippen molar-refractivity contribution in [2.75, 3.05) is 6.61 Å². The third kappa shape index (κ3) is 2.78. The van der Waals surface area contributed by atoms with Gasteiger partial charge in [-0.3, -0.25) is 0 Å². The minimum Gasteiger partial charge on any atom is -0.544 e. The maximum absolute atomic E-state index is 10.7. The van der Waals surface area contributed by atoms with E-state index in [0.717, 1.165) is 0 Å². The fraction of sp³-hybridized carbons (Fsp3) is 0.889. The molecule has 0 saturated carbocycles. The van der Waals surface area contributed by atoms with Crippen molar-refractivity contribution in [2.45, 2.75) is 42.7 Å². The maximum Gasteiger partial charge on any atom is 0.210 e. The van der Waals surface area contributed by atoms with E-state index in [1.807, 2.05) is 0 Å². The third-order valence-corrected chi connectivity index (χ3v) is 2.78. The number of carboxylic acids is 1. The van der Waals surface area contributed by atoms with Crippen molar-refractivity contribution in [1.82, 2.24) is 0 Å². The van der Waals surface area contributed by atoms with Gasteiger partial charge in [-0.25, -0.2) is 0 Å². The minimum absolute atomic E-state index is 0.852. The van der Waals surface area contributed by atoms with Crippen molar-refractivity contribution >= 4 is 5.97 Å². The normalized spacial score (nSPS) is 40.2. The number of aliphatic carboxylic acids is 1. The first kappa shape index (κ1) is 15.2. The summed E-state index contributed by atoms with van der Waals surface area (Å²) in [7, 11) is 0. The molecule has 18 heavy (non-hydrogen) atoms. The summed E-state index contributed by atoms with van der Waals surface area (Å²) in [5.41, 5.74) is 0. The lowest BCUT2D eigenvalue weighted by Gasteiger charge is -2.44. The monoisotopic (exact) mass is 267 g/mol. The highest BCUT2D eigenvalue weighted by atomic mass is 16.7. The molecule has 1 heterocycles. The SMILES string of the molecule is O=C([O-])C1(O)CC(O)[C@@H](O)C(C(O)C(O)CO)O1. The predicted molar refractivity (Wildman–Crippen MR) is 50.6 cm³/mol. The molecular formula is C9H15O9-. The Morgan fingerprint density at radius 3 is 2.44 bits per heavy atom. The molecule has 106 valence electrons. The quantitative estimate of drug-likeness (QED) is 0.291. The first-order chi connectivity index (χ1) is 8.23. The third-order valence-electron chi connectivity index (χ3n) is 2.78. The second-order valence-corrected chi connectivity index (χ2v) is 4.16. The number of carbonyl (C=O) groups is 1. The van der Waals surface area contributed by atoms with Crippen LogP contribution in [0.3, 0.4) is 0 Å². The molecule has 9 heteroatoms. The Morgan fingerprint density at radius 1 is 1.44 bits per heavy atom. The van der Waals surface area contributed by atoms with Crippen LogP contribution in [0, 0.1) is 0 Å². The molecule has 0 aromatic carbocycles. The summed E-state index contributed by atoms with van der Waals surface area (Å²) in [6.45, 7) is -0.881. The molecule has 0 bridgehead atoms. The Morgan fingerprint density at radius 2 is 2.00 bits per heavy atom. The zero-order chi connectivity index (χ0) is 14.1. The van der Waals surface area contributed by atoms with E-state index in [0.29, 0.717) is 0 Å². The Balaban J connectivity index is 2.92. The number of hydrogen-bond acceptors (Lipinski definition) is 9. The first-order valence-corrected chi connectivity index (χ1v) is 5.17. The van der Waals surface area contributed by atoms with Gasteiger partial charge in [0.15, 0.2) is 0 Å². The van der Waals surface area contributed by atoms with Crippen molar-refractivity contribution in [3.05, 3.63) is 0 Å². The van der Waals surface area contributed by atoms with Gasteiger partial charge < -0.3 is 45.3 Å². The Hall–Kier alpha value is -0.810. The minimum atomic E-state index is -2.89. The summed E-state index contributed by atoms with van der Waals surface area (Å²) < 4.78 is 4.57. The molecule has 6 N–H and O–H groups in total. The number of aliphatic hydroxyl groups is 6. The standard InChI is InChI=1S/C9H16O9/c10-2-4(12)6(14)7-5(13)3(11)1-9(17,18-7)8(15)16/h3-7,10-14,17H,1-2H2,(H,15,16)/p-1/t3?,4?,5-,6?,7?,9?/m1/s1. The number of carbonyl (C=O) groups excluding carboxylic acids is 1. The smallest absolute Gasteiger partial charge is 0.210 e. The van der Waals surface area contributed by atoms with Crippen molar-refractivity contribution in [3.8, 4) is 0 Å². The number of rotatable bonds is 4. The van der Waals surface area contributed by atoms with Crippen LogP contribution < -0.4 is 5.11 Å². The van der Waals surface area contributed by atoms with Crippen LogP contribution in [-0.4, -0.2) is 79.5 Å². The first-order valence-electron chi connectivity index (χ1n) is 5.17. The zero-order valence-electron chi connectivity index (χ0n) is 9.21. The Kier molecular flexibility index (Phi) is 4.61. The van der Waals surface area contributed by atoms with Crippen molar-refractivity contribution in [1.29, 1.82) is 0 Å². The summed E-state index contributed by atoms with van der Waals surface area (Å²) in [6.07, 6.45) is -9.71. The van der Waals surface area contributed by atoms with E-state index in [4.69, 9.17) is 5.11 Å². The predicted octanol–water partition coefficient (Wildman–Crippen LogP) is -5.35. The van der Waals surface area contributed by atoms with Crippen LogP contribution in [0.4, 0.5) is 0 Å². The topological polar surface area (TPSA) is 171 Å². The van der Waals surface area contributed by atoms with Gasteiger partial charge >= 0.3 is 0 Å². The van der Waals surface area contributed by atoms with Gasteiger partial charge in [0, 0.05) is 6.42 Å². The largest absolute Gasteiger partial charge is 0.544 e. The number of aliphatic hydroxyl groups excluding tert-OH is 5. The van der Waals surface area contributed by atoms with Gasteiger partial charge in [0.25, 0.3) is 0 Å². The van der Waals surface area contributed by atoms with E-state index >= 15 is 0 Å². The number of hydrogen-bond donors (Lipinski definition) is 6. The van der Waals surface area contributed by atoms with Gasteiger partial charge in [0.2, 0.25) is 5.79 Å². The van der Waals surface area contributed by atoms with Gasteiger partial charge in [-0.2, -0.15) is 0 Å². The van der Waals surface area contributed by atoms with E-state index in [2.05, 4.69) is 4.74 Å². The second kappa shape index (κ2) is 5.45. The molecule has 6 atom stereocenters. The highest BCUT2D eigenvalue weighted by Crippen LogP contribution is 2.29. The van der Waals surface area contributed by atoms with Crippen LogP contribution in [0.2, 0.25) is 0 Å². The van der Waals surface area contributed by atoms with Gasteiger partial charge in [-0.15, -0.1) is 0 Å². The molecule has 1 aliphatic heterocycles. The fourth-order valence-corrected chi connectivity index (χ4v) is 1.70. The molecule has 0 amide bonds. The summed E-state index contributed by atoms with van der Waals surface area (Å²) in [4.78, 5) is 10.7. The molecule has 0 aromatic heterocycles. The second-order valence-electron chi connectivity index (χ2n) is 4.16. The summed E-state index contributed by atoms with van der Waals surface area (Å²) >= 11 is 0. The van der Waals surface area contributed by atoms with Crippen LogP contribution in [-0.2, 0) is 9.53 Å². The van der Waals surface area contributed by atoms with Crippen molar-refractivity contribution < 1.29 is 45.3 Å². The summed E-state index contributed by atoms with van der Waals surface area (Å²) in [5, 5.41) is 66.4. The zero-order valence-corrected chi connectivity index (χ0v) is 9.21. The lowest BCUT2D eigenvalue weighted by atomic mass is 9.91. The molecule has 1 aliphatic rings. The van der Waals surface area contributed by atoms with Crippen molar-refractivity contribution in [2.24, 2.45) is 0 Å². The molecule has 0 aromatic rings. The van der Waals surface area contributed by atoms with Gasteiger partial charge in [0.1, 0.15) is 30.4 Å². The van der Waals surface area contributed by atoms with Gasteiger partial charge in [-0.05, 0) is 0 Å². The maximum atomic E-state index is 10.7. The van der Waals surface area contributed by atoms with Gasteiger partial charge in [-0.1, -0.05) is 0 Å². The lowest BCUT2D eigenvalue weighted by Crippen LogP contribution is -2.65. The summed E-state index contributed by atoms with van der Waals surface area (Å²) in [5.74, 6) is -4.94. The molecule has 1 rings (SSSR count). The van der Waals surface area contributed by atoms with E-state index in [1.54, 1.807) is 0 Å². The Labute approximate surface area is 101 Å². The average molecular weight is 267 g/mol. The van der Waals surface area contributed by atoms with E-state index < -0.39 is 55.3 Å². The molecule has 1 fully saturated rings. The highest BCUT2D eigenvalue weighted by Gasteiger charge is 2.49. The highest BCUT2D eigenvalue weighted by molar-refractivity contribution is 5.73. The molecule has 0 aliphatic carbocycles. The number of carboxylic acid groups (broad SMARTS) is 1. The molecule has 5 unspecified atom stereocenters. The molecule has 0 radical (unpaired) electrons. The van der Waals surface area contributed by atoms with Gasteiger partial charge in [0.05, 0.1) is 12.7 Å². The Bertz CT molecular complexity index is 308. The fourth-order valence-electron chi connectivity index (χ4n) is 1.70. The molecular weight excluding hydrogens is 252 g/mol. The summed E-state index contributed by atoms with van der Waals surface area (Å²) in [6, 6.07) is 0. The van der Waals surface area contributed by atoms with E-state index in [1.165, 1.54) is 0 Å². The molecule has 0 spiro atoms. The van der Waals surface area contributed by atoms with Crippen molar-refractivity contribution in [3.63, 3.8) is 0 Å². The van der Waals surface area contributed by atoms with Crippen LogP contribution in [0.1, 0.15) is 6.42 Å². The molecule has 9 nitrogen and oxygen atoms in total. The van der Waals surface area contributed by atoms with Crippen LogP contribution in [0.25, 0.3) is 0 Å². The molecule has 1 saturated heterocycles. The van der Waals surface area contributed by atoms with Crippen LogP contribution in [0.5, 0.6) is 0 Å².